The normalized spacial score (nSPS) is 19.6. The summed E-state index contributed by atoms with van der Waals surface area (Å²) >= 11 is 0. The van der Waals surface area contributed by atoms with E-state index in [1.165, 1.54) is 6.33 Å². The fourth-order valence-electron chi connectivity index (χ4n) is 5.03. The van der Waals surface area contributed by atoms with Crippen LogP contribution in [-0.4, -0.2) is 56.9 Å². The molecule has 0 unspecified atom stereocenters. The van der Waals surface area contributed by atoms with Crippen molar-refractivity contribution < 1.29 is 18.7 Å². The van der Waals surface area contributed by atoms with Gasteiger partial charge in [0.1, 0.15) is 29.1 Å². The molecule has 2 N–H and O–H groups in total. The first-order valence-corrected chi connectivity index (χ1v) is 12.6. The number of benzene rings is 1. The highest BCUT2D eigenvalue weighted by atomic mass is 19.1. The van der Waals surface area contributed by atoms with Gasteiger partial charge in [-0.15, -0.1) is 0 Å². The maximum absolute atomic E-state index is 15.5. The predicted octanol–water partition coefficient (Wildman–Crippen LogP) is 4.30. The van der Waals surface area contributed by atoms with Crippen LogP contribution < -0.4 is 10.1 Å². The van der Waals surface area contributed by atoms with Crippen molar-refractivity contribution in [3.05, 3.63) is 41.1 Å². The number of fused-ring (bicyclic) bond motifs is 1. The van der Waals surface area contributed by atoms with E-state index in [2.05, 4.69) is 20.3 Å². The number of likely N-dealkylation sites (tertiary alicyclic amines) is 1. The molecule has 0 bridgehead atoms. The summed E-state index contributed by atoms with van der Waals surface area (Å²) in [6, 6.07) is 3.40. The summed E-state index contributed by atoms with van der Waals surface area (Å²) in [5.41, 5.74) is 3.05. The fourth-order valence-corrected chi connectivity index (χ4v) is 5.03. The Morgan fingerprint density at radius 1 is 1.25 bits per heavy atom. The molecule has 0 spiro atoms. The molecule has 190 valence electrons. The van der Waals surface area contributed by atoms with Gasteiger partial charge in [-0.3, -0.25) is 9.59 Å². The number of nitrogens with one attached hydrogen (secondary N) is 2. The Labute approximate surface area is 209 Å². The van der Waals surface area contributed by atoms with E-state index in [0.29, 0.717) is 71.2 Å². The molecule has 5 rings (SSSR count). The lowest BCUT2D eigenvalue weighted by Crippen LogP contribution is -2.39. The lowest BCUT2D eigenvalue weighted by Gasteiger charge is -2.20. The second-order valence-electron chi connectivity index (χ2n) is 10.0. The van der Waals surface area contributed by atoms with Crippen molar-refractivity contribution in [2.75, 3.05) is 13.2 Å². The number of aromatic amines is 1. The number of aromatic nitrogens is 3. The first-order valence-electron chi connectivity index (χ1n) is 12.6. The van der Waals surface area contributed by atoms with Gasteiger partial charge < -0.3 is 19.9 Å². The van der Waals surface area contributed by atoms with Gasteiger partial charge in [-0.2, -0.15) is 0 Å². The Bertz CT molecular complexity index is 1330. The van der Waals surface area contributed by atoms with Crippen LogP contribution in [0.2, 0.25) is 0 Å². The van der Waals surface area contributed by atoms with E-state index in [0.717, 1.165) is 12.8 Å². The van der Waals surface area contributed by atoms with Crippen LogP contribution in [0.25, 0.3) is 22.3 Å². The van der Waals surface area contributed by atoms with Crippen LogP contribution in [-0.2, 0) is 4.79 Å². The third-order valence-corrected chi connectivity index (χ3v) is 7.24. The lowest BCUT2D eigenvalue weighted by atomic mass is 10.0. The summed E-state index contributed by atoms with van der Waals surface area (Å²) in [7, 11) is 0. The van der Waals surface area contributed by atoms with E-state index in [4.69, 9.17) is 4.74 Å². The molecular formula is C27H32FN5O3. The van der Waals surface area contributed by atoms with Gasteiger partial charge in [-0.05, 0) is 57.6 Å². The number of carbonyl (C=O) groups excluding carboxylic acids is 2. The number of hydrogen-bond acceptors (Lipinski definition) is 5. The summed E-state index contributed by atoms with van der Waals surface area (Å²) in [6.45, 7) is 8.36. The van der Waals surface area contributed by atoms with Crippen molar-refractivity contribution in [2.45, 2.75) is 65.5 Å². The minimum Gasteiger partial charge on any atom is -0.492 e. The average Bonchev–Trinajstić information content (AvgIpc) is 3.52. The first-order chi connectivity index (χ1) is 17.3. The van der Waals surface area contributed by atoms with Crippen LogP contribution in [0, 0.1) is 25.6 Å². The Hall–Kier alpha value is -3.49. The first kappa shape index (κ1) is 24.2. The Morgan fingerprint density at radius 2 is 2.03 bits per heavy atom. The van der Waals surface area contributed by atoms with Gasteiger partial charge >= 0.3 is 0 Å². The van der Waals surface area contributed by atoms with Gasteiger partial charge in [0.15, 0.2) is 0 Å². The van der Waals surface area contributed by atoms with Crippen molar-refractivity contribution in [3.8, 4) is 17.0 Å². The molecule has 2 amide bonds. The van der Waals surface area contributed by atoms with Crippen molar-refractivity contribution in [1.29, 1.82) is 0 Å². The molecule has 2 atom stereocenters. The summed E-state index contributed by atoms with van der Waals surface area (Å²) in [4.78, 5) is 39.4. The standard InChI is InChI=1S/C27H32FN5O3/c1-5-20(34)33-11-18(10-15(33)3)32-27(35)21-16(4)31-26-24(21)29-13-30-25(26)22-19(36-12-17-7-8-17)9-6-14(2)23(22)28/h6,9,13,15,17-18,31H,5,7-8,10-12H2,1-4H3,(H,32,35)/t15-,18+/m1/s1. The van der Waals surface area contributed by atoms with Crippen LogP contribution in [0.4, 0.5) is 4.39 Å². The number of ether oxygens (including phenoxy) is 1. The SMILES string of the molecule is CCC(=O)N1C[C@@H](NC(=O)c2c(C)[nH]c3c(-c4c(OCC5CC5)ccc(C)c4F)ncnc23)C[C@H]1C. The van der Waals surface area contributed by atoms with Crippen LogP contribution >= 0.6 is 0 Å². The van der Waals surface area contributed by atoms with Gasteiger partial charge in [-0.25, -0.2) is 14.4 Å². The van der Waals surface area contributed by atoms with Gasteiger partial charge in [0.2, 0.25) is 5.91 Å². The molecule has 3 aromatic rings. The summed E-state index contributed by atoms with van der Waals surface area (Å²) in [6.07, 6.45) is 4.73. The van der Waals surface area contributed by atoms with Crippen molar-refractivity contribution in [3.63, 3.8) is 0 Å². The van der Waals surface area contributed by atoms with Gasteiger partial charge in [0.25, 0.3) is 5.91 Å². The Morgan fingerprint density at radius 3 is 2.75 bits per heavy atom. The van der Waals surface area contributed by atoms with Crippen LogP contribution in [0.15, 0.2) is 18.5 Å². The minimum atomic E-state index is -0.401. The van der Waals surface area contributed by atoms with Crippen molar-refractivity contribution in [2.24, 2.45) is 5.92 Å². The van der Waals surface area contributed by atoms with E-state index < -0.39 is 5.82 Å². The Balaban J connectivity index is 1.48. The van der Waals surface area contributed by atoms with Crippen LogP contribution in [0.3, 0.4) is 0 Å². The molecule has 1 aromatic carbocycles. The van der Waals surface area contributed by atoms with E-state index in [1.54, 1.807) is 26.0 Å². The topological polar surface area (TPSA) is 100 Å². The maximum Gasteiger partial charge on any atom is 0.255 e. The largest absolute Gasteiger partial charge is 0.492 e. The van der Waals surface area contributed by atoms with E-state index in [-0.39, 0.29) is 29.5 Å². The second kappa shape index (κ2) is 9.52. The monoisotopic (exact) mass is 493 g/mol. The molecule has 1 aliphatic carbocycles. The zero-order valence-electron chi connectivity index (χ0n) is 21.2. The average molecular weight is 494 g/mol. The zero-order chi connectivity index (χ0) is 25.6. The fraction of sp³-hybridized carbons (Fsp3) is 0.481. The van der Waals surface area contributed by atoms with E-state index in [9.17, 15) is 9.59 Å². The third-order valence-electron chi connectivity index (χ3n) is 7.24. The number of carbonyl (C=O) groups is 2. The van der Waals surface area contributed by atoms with Crippen LogP contribution in [0.1, 0.15) is 61.1 Å². The smallest absolute Gasteiger partial charge is 0.255 e. The quantitative estimate of drug-likeness (QED) is 0.511. The number of rotatable bonds is 7. The maximum atomic E-state index is 15.5. The molecule has 1 saturated carbocycles. The molecule has 1 aliphatic heterocycles. The summed E-state index contributed by atoms with van der Waals surface area (Å²) < 4.78 is 21.5. The van der Waals surface area contributed by atoms with Gasteiger partial charge in [0.05, 0.1) is 23.3 Å². The second-order valence-corrected chi connectivity index (χ2v) is 10.0. The van der Waals surface area contributed by atoms with E-state index in [1.807, 2.05) is 18.7 Å². The summed E-state index contributed by atoms with van der Waals surface area (Å²) in [5.74, 6) is 0.352. The molecule has 2 aliphatic rings. The highest BCUT2D eigenvalue weighted by Gasteiger charge is 2.34. The number of halogens is 1. The number of amides is 2. The highest BCUT2D eigenvalue weighted by Crippen LogP contribution is 2.39. The zero-order valence-corrected chi connectivity index (χ0v) is 21.2. The van der Waals surface area contributed by atoms with Crippen molar-refractivity contribution >= 4 is 22.8 Å². The molecule has 2 fully saturated rings. The number of nitrogens with zero attached hydrogens (tertiary/aromatic N) is 3. The van der Waals surface area contributed by atoms with Crippen LogP contribution in [0.5, 0.6) is 5.75 Å². The van der Waals surface area contributed by atoms with Gasteiger partial charge in [0, 0.05) is 30.7 Å². The highest BCUT2D eigenvalue weighted by molar-refractivity contribution is 6.09. The van der Waals surface area contributed by atoms with Crippen molar-refractivity contribution in [1.82, 2.24) is 25.2 Å². The lowest BCUT2D eigenvalue weighted by molar-refractivity contribution is -0.131. The van der Waals surface area contributed by atoms with Gasteiger partial charge in [-0.1, -0.05) is 13.0 Å². The molecule has 8 nitrogen and oxygen atoms in total. The molecule has 3 heterocycles. The molecule has 9 heteroatoms. The molecule has 36 heavy (non-hydrogen) atoms. The summed E-state index contributed by atoms with van der Waals surface area (Å²) in [5, 5.41) is 3.07. The Kier molecular flexibility index (Phi) is 6.40. The molecule has 0 radical (unpaired) electrons. The molecular weight excluding hydrogens is 461 g/mol. The number of aryl methyl sites for hydroxylation is 2. The number of H-pyrrole nitrogens is 1. The predicted molar refractivity (Wildman–Crippen MR) is 134 cm³/mol. The number of hydrogen-bond donors (Lipinski definition) is 2. The molecule has 1 saturated heterocycles. The molecule has 2 aromatic heterocycles. The minimum absolute atomic E-state index is 0.0686. The third kappa shape index (κ3) is 4.42. The van der Waals surface area contributed by atoms with E-state index >= 15 is 4.39 Å².